The lowest BCUT2D eigenvalue weighted by Crippen LogP contribution is -2.29. The van der Waals surface area contributed by atoms with Gasteiger partial charge >= 0.3 is 0 Å². The van der Waals surface area contributed by atoms with E-state index in [2.05, 4.69) is 37.4 Å². The van der Waals surface area contributed by atoms with Crippen molar-refractivity contribution in [2.24, 2.45) is 0 Å². The molecule has 1 N–H and O–H groups in total. The maximum absolute atomic E-state index is 13.5. The maximum Gasteiger partial charge on any atom is 0.178 e. The standard InChI is InChI=1S/C13H15BrFN3S/c1-17-4-2-3-8(17)7-18-12-5-9(14)10(15)6-11(12)16-13(18)19/h5-6,8H,2-4,7H2,1H3,(H,16,19). The molecule has 3 nitrogen and oxygen atoms in total. The van der Waals surface area contributed by atoms with Crippen LogP contribution in [0.2, 0.25) is 0 Å². The van der Waals surface area contributed by atoms with E-state index in [1.54, 1.807) is 6.07 Å². The number of imidazole rings is 1. The number of aromatic amines is 1. The number of benzene rings is 1. The van der Waals surface area contributed by atoms with Gasteiger partial charge in [0.25, 0.3) is 0 Å². The highest BCUT2D eigenvalue weighted by molar-refractivity contribution is 9.10. The Morgan fingerprint density at radius 2 is 2.32 bits per heavy atom. The van der Waals surface area contributed by atoms with Crippen molar-refractivity contribution in [3.63, 3.8) is 0 Å². The van der Waals surface area contributed by atoms with Gasteiger partial charge in [-0.05, 0) is 60.6 Å². The molecule has 0 aliphatic carbocycles. The Balaban J connectivity index is 2.05. The molecule has 1 atom stereocenters. The van der Waals surface area contributed by atoms with Crippen molar-refractivity contribution in [2.45, 2.75) is 25.4 Å². The topological polar surface area (TPSA) is 24.0 Å². The lowest BCUT2D eigenvalue weighted by atomic mass is 10.2. The number of halogens is 2. The van der Waals surface area contributed by atoms with E-state index in [-0.39, 0.29) is 5.82 Å². The second-order valence-corrected chi connectivity index (χ2v) is 6.34. The molecular weight excluding hydrogens is 329 g/mol. The second kappa shape index (κ2) is 5.00. The predicted octanol–water partition coefficient (Wildman–Crippen LogP) is 3.69. The number of fused-ring (bicyclic) bond motifs is 1. The molecule has 0 bridgehead atoms. The Kier molecular flexibility index (Phi) is 3.49. The van der Waals surface area contributed by atoms with Gasteiger partial charge in [0, 0.05) is 18.7 Å². The van der Waals surface area contributed by atoms with Crippen LogP contribution in [0.3, 0.4) is 0 Å². The highest BCUT2D eigenvalue weighted by Crippen LogP contribution is 2.25. The predicted molar refractivity (Wildman–Crippen MR) is 80.4 cm³/mol. The SMILES string of the molecule is CN1CCCC1Cn1c(=S)[nH]c2cc(F)c(Br)cc21. The minimum absolute atomic E-state index is 0.270. The Hall–Kier alpha value is -0.720. The van der Waals surface area contributed by atoms with Crippen molar-refractivity contribution >= 4 is 39.2 Å². The summed E-state index contributed by atoms with van der Waals surface area (Å²) < 4.78 is 16.7. The molecule has 1 aliphatic heterocycles. The monoisotopic (exact) mass is 343 g/mol. The fourth-order valence-corrected chi connectivity index (χ4v) is 3.37. The Labute approximate surface area is 124 Å². The maximum atomic E-state index is 13.5. The van der Waals surface area contributed by atoms with Crippen molar-refractivity contribution < 1.29 is 4.39 Å². The first kappa shape index (κ1) is 13.3. The molecule has 1 aromatic carbocycles. The smallest absolute Gasteiger partial charge is 0.178 e. The van der Waals surface area contributed by atoms with Crippen LogP contribution in [0.5, 0.6) is 0 Å². The first-order valence-electron chi connectivity index (χ1n) is 6.34. The number of nitrogens with one attached hydrogen (secondary N) is 1. The molecule has 2 heterocycles. The highest BCUT2D eigenvalue weighted by Gasteiger charge is 2.22. The van der Waals surface area contributed by atoms with Crippen LogP contribution < -0.4 is 0 Å². The fourth-order valence-electron chi connectivity index (χ4n) is 2.75. The van der Waals surface area contributed by atoms with E-state index in [0.29, 0.717) is 15.3 Å². The third kappa shape index (κ3) is 2.37. The summed E-state index contributed by atoms with van der Waals surface area (Å²) >= 11 is 8.60. The minimum Gasteiger partial charge on any atom is -0.330 e. The number of aromatic nitrogens is 2. The van der Waals surface area contributed by atoms with Gasteiger partial charge in [-0.25, -0.2) is 4.39 Å². The molecule has 1 unspecified atom stereocenters. The van der Waals surface area contributed by atoms with Crippen molar-refractivity contribution in [1.82, 2.24) is 14.5 Å². The molecule has 1 aromatic heterocycles. The van der Waals surface area contributed by atoms with Crippen molar-refractivity contribution in [3.05, 3.63) is 27.2 Å². The molecule has 0 saturated carbocycles. The van der Waals surface area contributed by atoms with Gasteiger partial charge in [0.15, 0.2) is 4.77 Å². The largest absolute Gasteiger partial charge is 0.330 e. The highest BCUT2D eigenvalue weighted by atomic mass is 79.9. The minimum atomic E-state index is -0.270. The van der Waals surface area contributed by atoms with Gasteiger partial charge in [-0.2, -0.15) is 0 Å². The summed E-state index contributed by atoms with van der Waals surface area (Å²) in [4.78, 5) is 5.44. The van der Waals surface area contributed by atoms with Crippen LogP contribution in [0.4, 0.5) is 4.39 Å². The first-order valence-corrected chi connectivity index (χ1v) is 7.54. The zero-order valence-corrected chi connectivity index (χ0v) is 13.0. The average molecular weight is 344 g/mol. The van der Waals surface area contributed by atoms with Gasteiger partial charge in [-0.3, -0.25) is 0 Å². The molecule has 0 amide bonds. The zero-order valence-electron chi connectivity index (χ0n) is 10.6. The summed E-state index contributed by atoms with van der Waals surface area (Å²) in [5.41, 5.74) is 1.71. The molecule has 6 heteroatoms. The molecular formula is C13H15BrFN3S. The van der Waals surface area contributed by atoms with Crippen LogP contribution in [0.25, 0.3) is 11.0 Å². The molecule has 102 valence electrons. The van der Waals surface area contributed by atoms with Crippen LogP contribution in [0.1, 0.15) is 12.8 Å². The molecule has 1 aliphatic rings. The quantitative estimate of drug-likeness (QED) is 0.840. The van der Waals surface area contributed by atoms with Gasteiger partial charge in [0.05, 0.1) is 15.5 Å². The van der Waals surface area contributed by atoms with Gasteiger partial charge in [-0.15, -0.1) is 0 Å². The van der Waals surface area contributed by atoms with Crippen LogP contribution in [0.15, 0.2) is 16.6 Å². The molecule has 0 spiro atoms. The van der Waals surface area contributed by atoms with E-state index >= 15 is 0 Å². The Morgan fingerprint density at radius 1 is 1.53 bits per heavy atom. The van der Waals surface area contributed by atoms with Crippen LogP contribution >= 0.6 is 28.1 Å². The number of nitrogens with zero attached hydrogens (tertiary/aromatic N) is 2. The second-order valence-electron chi connectivity index (χ2n) is 5.10. The summed E-state index contributed by atoms with van der Waals surface area (Å²) in [6.07, 6.45) is 2.42. The normalized spacial score (nSPS) is 20.5. The Morgan fingerprint density at radius 3 is 3.00 bits per heavy atom. The third-order valence-corrected chi connectivity index (χ3v) is 4.81. The van der Waals surface area contributed by atoms with Gasteiger partial charge in [0.2, 0.25) is 0 Å². The van der Waals surface area contributed by atoms with Crippen molar-refractivity contribution in [3.8, 4) is 0 Å². The lowest BCUT2D eigenvalue weighted by Gasteiger charge is -2.20. The average Bonchev–Trinajstić information content (AvgIpc) is 2.88. The zero-order chi connectivity index (χ0) is 13.6. The van der Waals surface area contributed by atoms with Crippen molar-refractivity contribution in [2.75, 3.05) is 13.6 Å². The number of rotatable bonds is 2. The molecule has 1 saturated heterocycles. The Bertz CT molecular complexity index is 678. The molecule has 0 radical (unpaired) electrons. The van der Waals surface area contributed by atoms with Crippen LogP contribution in [0, 0.1) is 10.6 Å². The number of hydrogen-bond donors (Lipinski definition) is 1. The van der Waals surface area contributed by atoms with E-state index in [9.17, 15) is 4.39 Å². The summed E-state index contributed by atoms with van der Waals surface area (Å²) in [5.74, 6) is -0.270. The van der Waals surface area contributed by atoms with E-state index in [0.717, 1.165) is 24.1 Å². The van der Waals surface area contributed by atoms with E-state index in [1.807, 2.05) is 0 Å². The lowest BCUT2D eigenvalue weighted by molar-refractivity contribution is 0.283. The molecule has 1 fully saturated rings. The summed E-state index contributed by atoms with van der Waals surface area (Å²) in [6, 6.07) is 3.80. The van der Waals surface area contributed by atoms with Crippen molar-refractivity contribution in [1.29, 1.82) is 0 Å². The summed E-state index contributed by atoms with van der Waals surface area (Å²) in [5, 5.41) is 0. The van der Waals surface area contributed by atoms with Gasteiger partial charge < -0.3 is 14.5 Å². The van der Waals surface area contributed by atoms with Gasteiger partial charge in [-0.1, -0.05) is 0 Å². The number of likely N-dealkylation sites (tertiary alicyclic amines) is 1. The number of likely N-dealkylation sites (N-methyl/N-ethyl adjacent to an activating group) is 1. The summed E-state index contributed by atoms with van der Waals surface area (Å²) in [7, 11) is 2.14. The summed E-state index contributed by atoms with van der Waals surface area (Å²) in [6.45, 7) is 1.99. The van der Waals surface area contributed by atoms with E-state index in [1.165, 1.54) is 18.9 Å². The fraction of sp³-hybridized carbons (Fsp3) is 0.462. The first-order chi connectivity index (χ1) is 9.06. The van der Waals surface area contributed by atoms with Gasteiger partial charge in [0.1, 0.15) is 5.82 Å². The molecule has 3 rings (SSSR count). The van der Waals surface area contributed by atoms with Crippen LogP contribution in [-0.2, 0) is 6.54 Å². The molecule has 19 heavy (non-hydrogen) atoms. The number of hydrogen-bond acceptors (Lipinski definition) is 2. The molecule has 2 aromatic rings. The number of H-pyrrole nitrogens is 1. The van der Waals surface area contributed by atoms with E-state index in [4.69, 9.17) is 12.2 Å². The third-order valence-electron chi connectivity index (χ3n) is 3.88. The van der Waals surface area contributed by atoms with Crippen LogP contribution in [-0.4, -0.2) is 34.1 Å². The van der Waals surface area contributed by atoms with E-state index < -0.39 is 0 Å².